The minimum atomic E-state index is -4.02. The second-order valence-electron chi connectivity index (χ2n) is 6.95. The maximum absolute atomic E-state index is 12.5. The summed E-state index contributed by atoms with van der Waals surface area (Å²) in [5.41, 5.74) is 1.25. The second-order valence-corrected chi connectivity index (χ2v) is 8.55. The number of benzene rings is 1. The number of nitrogens with zero attached hydrogens (tertiary/aromatic N) is 3. The summed E-state index contributed by atoms with van der Waals surface area (Å²) >= 11 is 0. The van der Waals surface area contributed by atoms with Gasteiger partial charge in [0.1, 0.15) is 12.3 Å². The zero-order valence-electron chi connectivity index (χ0n) is 14.9. The summed E-state index contributed by atoms with van der Waals surface area (Å²) in [6, 6.07) is 2.71. The number of hydrogen-bond acceptors (Lipinski definition) is 5. The Bertz CT molecular complexity index is 868. The number of hydrogen-bond donors (Lipinski definition) is 2. The van der Waals surface area contributed by atoms with Gasteiger partial charge in [0.25, 0.3) is 5.91 Å². The highest BCUT2D eigenvalue weighted by Crippen LogP contribution is 2.39. The van der Waals surface area contributed by atoms with E-state index in [1.54, 1.807) is 11.9 Å². The first-order valence-corrected chi connectivity index (χ1v) is 9.76. The van der Waals surface area contributed by atoms with Crippen molar-refractivity contribution in [3.05, 3.63) is 17.7 Å². The van der Waals surface area contributed by atoms with Crippen molar-refractivity contribution < 1.29 is 23.1 Å². The molecule has 1 fully saturated rings. The molecule has 0 aliphatic carbocycles. The lowest BCUT2D eigenvalue weighted by Gasteiger charge is -2.36. The molecule has 0 unspecified atom stereocenters. The van der Waals surface area contributed by atoms with E-state index in [1.807, 2.05) is 4.72 Å². The van der Waals surface area contributed by atoms with E-state index in [2.05, 4.69) is 13.8 Å². The molecule has 2 aliphatic heterocycles. The van der Waals surface area contributed by atoms with Crippen molar-refractivity contribution in [3.63, 3.8) is 0 Å². The average molecular weight is 382 g/mol. The van der Waals surface area contributed by atoms with Gasteiger partial charge < -0.3 is 10.0 Å². The van der Waals surface area contributed by atoms with Crippen LogP contribution in [0.3, 0.4) is 0 Å². The number of rotatable bonds is 4. The van der Waals surface area contributed by atoms with E-state index < -0.39 is 16.1 Å². The van der Waals surface area contributed by atoms with Gasteiger partial charge in [-0.3, -0.25) is 9.69 Å². The Kier molecular flexibility index (Phi) is 4.47. The molecule has 9 nitrogen and oxygen atoms in total. The Morgan fingerprint density at radius 2 is 1.88 bits per heavy atom. The molecule has 0 atom stereocenters. The van der Waals surface area contributed by atoms with Gasteiger partial charge in [-0.1, -0.05) is 13.8 Å². The first kappa shape index (κ1) is 18.3. The molecular formula is C16H22N4O5S. The van der Waals surface area contributed by atoms with Crippen LogP contribution in [-0.2, 0) is 21.5 Å². The molecular weight excluding hydrogens is 360 g/mol. The fourth-order valence-corrected chi connectivity index (χ4v) is 4.24. The number of carbonyl (C=O) groups excluding carboxylic acids is 2. The van der Waals surface area contributed by atoms with E-state index in [-0.39, 0.29) is 24.0 Å². The van der Waals surface area contributed by atoms with Crippen LogP contribution in [0.15, 0.2) is 12.1 Å². The molecule has 3 amide bonds. The zero-order chi connectivity index (χ0) is 19.2. The van der Waals surface area contributed by atoms with E-state index in [0.29, 0.717) is 30.3 Å². The fraction of sp³-hybridized carbons (Fsp3) is 0.500. The molecule has 1 aromatic carbocycles. The van der Waals surface area contributed by atoms with Gasteiger partial charge in [0, 0.05) is 26.2 Å². The Labute approximate surface area is 152 Å². The number of urea groups is 1. The van der Waals surface area contributed by atoms with Crippen LogP contribution in [0.5, 0.6) is 5.75 Å². The van der Waals surface area contributed by atoms with Crippen LogP contribution in [0.25, 0.3) is 0 Å². The van der Waals surface area contributed by atoms with E-state index in [0.717, 1.165) is 10.7 Å². The van der Waals surface area contributed by atoms with Crippen LogP contribution in [0.4, 0.5) is 16.2 Å². The van der Waals surface area contributed by atoms with Crippen molar-refractivity contribution in [2.45, 2.75) is 26.8 Å². The molecule has 26 heavy (non-hydrogen) atoms. The number of phenols is 1. The van der Waals surface area contributed by atoms with E-state index >= 15 is 0 Å². The van der Waals surface area contributed by atoms with Gasteiger partial charge in [0.15, 0.2) is 0 Å². The smallest absolute Gasteiger partial charge is 0.326 e. The molecule has 0 aromatic heterocycles. The first-order chi connectivity index (χ1) is 12.1. The molecule has 10 heteroatoms. The van der Waals surface area contributed by atoms with Crippen molar-refractivity contribution in [1.29, 1.82) is 0 Å². The Morgan fingerprint density at radius 3 is 2.46 bits per heavy atom. The molecule has 142 valence electrons. The molecule has 2 N–H and O–H groups in total. The maximum Gasteiger partial charge on any atom is 0.326 e. The Hall–Kier alpha value is -2.49. The van der Waals surface area contributed by atoms with Crippen molar-refractivity contribution in [2.75, 3.05) is 29.3 Å². The van der Waals surface area contributed by atoms with Crippen LogP contribution < -0.4 is 13.9 Å². The molecule has 0 spiro atoms. The number of aromatic hydroxyl groups is 1. The highest BCUT2D eigenvalue weighted by Gasteiger charge is 2.37. The summed E-state index contributed by atoms with van der Waals surface area (Å²) in [6.07, 6.45) is 0.846. The van der Waals surface area contributed by atoms with Crippen molar-refractivity contribution in [1.82, 2.24) is 9.62 Å². The van der Waals surface area contributed by atoms with E-state index in [1.165, 1.54) is 17.0 Å². The number of phenolic OH excluding ortho intramolecular Hbond substituents is 1. The summed E-state index contributed by atoms with van der Waals surface area (Å²) in [5, 5.41) is 10.3. The molecule has 1 saturated heterocycles. The van der Waals surface area contributed by atoms with Crippen LogP contribution in [0, 0.1) is 5.92 Å². The van der Waals surface area contributed by atoms with Gasteiger partial charge in [-0.2, -0.15) is 8.42 Å². The predicted octanol–water partition coefficient (Wildman–Crippen LogP) is 0.991. The van der Waals surface area contributed by atoms with Crippen LogP contribution in [-0.4, -0.2) is 50.5 Å². The zero-order valence-corrected chi connectivity index (χ0v) is 15.7. The Balaban J connectivity index is 1.98. The molecule has 1 aromatic rings. The molecule has 3 rings (SSSR count). The van der Waals surface area contributed by atoms with Crippen LogP contribution >= 0.6 is 0 Å². The quantitative estimate of drug-likeness (QED) is 0.807. The number of nitrogens with one attached hydrogen (secondary N) is 1. The van der Waals surface area contributed by atoms with Gasteiger partial charge in [0.05, 0.1) is 11.4 Å². The SMILES string of the molecule is CC(C)CCN1Cc2cc(N3CC(=O)NS3(=O)=O)c(O)cc2N(C)C1=O. The van der Waals surface area contributed by atoms with Gasteiger partial charge in [-0.15, -0.1) is 0 Å². The second kappa shape index (κ2) is 6.35. The Morgan fingerprint density at radius 1 is 1.19 bits per heavy atom. The fourth-order valence-electron chi connectivity index (χ4n) is 3.09. The third kappa shape index (κ3) is 3.16. The maximum atomic E-state index is 12.5. The van der Waals surface area contributed by atoms with Gasteiger partial charge in [-0.05, 0) is 24.0 Å². The molecule has 0 saturated carbocycles. The minimum absolute atomic E-state index is 0.0219. The minimum Gasteiger partial charge on any atom is -0.506 e. The van der Waals surface area contributed by atoms with E-state index in [9.17, 15) is 23.1 Å². The lowest BCUT2D eigenvalue weighted by molar-refractivity contribution is -0.117. The average Bonchev–Trinajstić information content (AvgIpc) is 2.82. The predicted molar refractivity (Wildman–Crippen MR) is 96.2 cm³/mol. The third-order valence-corrected chi connectivity index (χ3v) is 5.91. The normalized spacial score (nSPS) is 19.2. The largest absolute Gasteiger partial charge is 0.506 e. The molecule has 2 aliphatic rings. The highest BCUT2D eigenvalue weighted by molar-refractivity contribution is 7.92. The number of anilines is 2. The van der Waals surface area contributed by atoms with Crippen molar-refractivity contribution in [3.8, 4) is 5.75 Å². The van der Waals surface area contributed by atoms with Gasteiger partial charge in [-0.25, -0.2) is 13.8 Å². The molecule has 0 radical (unpaired) electrons. The van der Waals surface area contributed by atoms with Crippen LogP contribution in [0.1, 0.15) is 25.8 Å². The summed E-state index contributed by atoms with van der Waals surface area (Å²) in [4.78, 5) is 27.1. The number of amides is 3. The highest BCUT2D eigenvalue weighted by atomic mass is 32.2. The van der Waals surface area contributed by atoms with E-state index in [4.69, 9.17) is 0 Å². The molecule has 2 heterocycles. The van der Waals surface area contributed by atoms with Gasteiger partial charge in [0.2, 0.25) is 0 Å². The van der Waals surface area contributed by atoms with Crippen molar-refractivity contribution >= 4 is 33.5 Å². The van der Waals surface area contributed by atoms with Crippen LogP contribution in [0.2, 0.25) is 0 Å². The molecule has 0 bridgehead atoms. The lowest BCUT2D eigenvalue weighted by Crippen LogP contribution is -2.45. The first-order valence-electron chi connectivity index (χ1n) is 8.32. The number of carbonyl (C=O) groups is 2. The summed E-state index contributed by atoms with van der Waals surface area (Å²) < 4.78 is 26.8. The monoisotopic (exact) mass is 382 g/mol. The standard InChI is InChI=1S/C16H22N4O5S/c1-10(2)4-5-19-8-11-6-13(20-9-15(22)17-26(20,24)25)14(21)7-12(11)18(3)16(19)23/h6-7,10,21H,4-5,8-9H2,1-3H3,(H,17,22). The summed E-state index contributed by atoms with van der Waals surface area (Å²) in [7, 11) is -2.41. The summed E-state index contributed by atoms with van der Waals surface area (Å²) in [5.74, 6) is -0.524. The third-order valence-electron chi connectivity index (χ3n) is 4.52. The lowest BCUT2D eigenvalue weighted by atomic mass is 10.1. The summed E-state index contributed by atoms with van der Waals surface area (Å²) in [6.45, 7) is 4.65. The topological polar surface area (TPSA) is 110 Å². The van der Waals surface area contributed by atoms with Crippen molar-refractivity contribution in [2.24, 2.45) is 5.92 Å². The number of fused-ring (bicyclic) bond motifs is 1. The van der Waals surface area contributed by atoms with Gasteiger partial charge >= 0.3 is 16.2 Å².